The summed E-state index contributed by atoms with van der Waals surface area (Å²) in [4.78, 5) is 7.81. The molecule has 0 saturated heterocycles. The molecule has 1 aliphatic carbocycles. The Morgan fingerprint density at radius 1 is 1.64 bits per heavy atom. The lowest BCUT2D eigenvalue weighted by Crippen LogP contribution is -2.14. The lowest BCUT2D eigenvalue weighted by Gasteiger charge is -2.11. The SMILES string of the molecule is CC1(CNc2nc(Cl)ncc2N)CC1. The van der Waals surface area contributed by atoms with Crippen molar-refractivity contribution in [1.82, 2.24) is 9.97 Å². The van der Waals surface area contributed by atoms with Gasteiger partial charge in [0.2, 0.25) is 5.28 Å². The van der Waals surface area contributed by atoms with Gasteiger partial charge in [-0.2, -0.15) is 4.98 Å². The van der Waals surface area contributed by atoms with E-state index in [1.165, 1.54) is 19.0 Å². The Morgan fingerprint density at radius 3 is 3.00 bits per heavy atom. The highest BCUT2D eigenvalue weighted by Gasteiger charge is 2.36. The van der Waals surface area contributed by atoms with Crippen LogP contribution in [0, 0.1) is 5.41 Å². The van der Waals surface area contributed by atoms with Gasteiger partial charge in [0.25, 0.3) is 0 Å². The molecule has 0 radical (unpaired) electrons. The molecule has 0 spiro atoms. The summed E-state index contributed by atoms with van der Waals surface area (Å²) >= 11 is 5.66. The summed E-state index contributed by atoms with van der Waals surface area (Å²) in [6, 6.07) is 0. The monoisotopic (exact) mass is 212 g/mol. The van der Waals surface area contributed by atoms with Gasteiger partial charge in [-0.1, -0.05) is 6.92 Å². The van der Waals surface area contributed by atoms with Crippen molar-refractivity contribution in [3.63, 3.8) is 0 Å². The maximum atomic E-state index is 5.69. The molecule has 5 heteroatoms. The van der Waals surface area contributed by atoms with Crippen LogP contribution in [0.4, 0.5) is 11.5 Å². The van der Waals surface area contributed by atoms with Crippen LogP contribution in [0.1, 0.15) is 19.8 Å². The predicted octanol–water partition coefficient (Wildman–Crippen LogP) is 1.92. The highest BCUT2D eigenvalue weighted by Crippen LogP contribution is 2.44. The van der Waals surface area contributed by atoms with Crippen LogP contribution < -0.4 is 11.1 Å². The maximum Gasteiger partial charge on any atom is 0.224 e. The Kier molecular flexibility index (Phi) is 2.23. The van der Waals surface area contributed by atoms with Gasteiger partial charge < -0.3 is 11.1 Å². The normalized spacial score (nSPS) is 17.9. The first-order valence-corrected chi connectivity index (χ1v) is 4.99. The van der Waals surface area contributed by atoms with Crippen molar-refractivity contribution in [2.75, 3.05) is 17.6 Å². The average molecular weight is 213 g/mol. The van der Waals surface area contributed by atoms with Gasteiger partial charge in [-0.05, 0) is 29.9 Å². The van der Waals surface area contributed by atoms with Gasteiger partial charge >= 0.3 is 0 Å². The number of nitrogen functional groups attached to an aromatic ring is 1. The Hall–Kier alpha value is -1.03. The maximum absolute atomic E-state index is 5.69. The highest BCUT2D eigenvalue weighted by atomic mass is 35.5. The molecule has 0 aromatic carbocycles. The molecule has 0 atom stereocenters. The van der Waals surface area contributed by atoms with E-state index in [0.29, 0.717) is 16.9 Å². The number of hydrogen-bond donors (Lipinski definition) is 2. The number of nitrogens with one attached hydrogen (secondary N) is 1. The molecular weight excluding hydrogens is 200 g/mol. The molecular formula is C9H13ClN4. The van der Waals surface area contributed by atoms with Crippen LogP contribution in [0.5, 0.6) is 0 Å². The molecule has 1 saturated carbocycles. The number of hydrogen-bond acceptors (Lipinski definition) is 4. The van der Waals surface area contributed by atoms with E-state index in [4.69, 9.17) is 17.3 Å². The molecule has 0 amide bonds. The summed E-state index contributed by atoms with van der Waals surface area (Å²) in [7, 11) is 0. The first kappa shape index (κ1) is 9.52. The average Bonchev–Trinajstić information content (AvgIpc) is 2.87. The van der Waals surface area contributed by atoms with E-state index in [0.717, 1.165) is 6.54 Å². The van der Waals surface area contributed by atoms with Crippen LogP contribution in [0.3, 0.4) is 0 Å². The Balaban J connectivity index is 2.04. The van der Waals surface area contributed by atoms with Crippen LogP contribution in [0.25, 0.3) is 0 Å². The molecule has 1 aliphatic rings. The van der Waals surface area contributed by atoms with Gasteiger partial charge in [0, 0.05) is 6.54 Å². The van der Waals surface area contributed by atoms with Crippen molar-refractivity contribution < 1.29 is 0 Å². The van der Waals surface area contributed by atoms with Crippen LogP contribution in [0.2, 0.25) is 5.28 Å². The minimum absolute atomic E-state index is 0.225. The second-order valence-corrected chi connectivity index (χ2v) is 4.45. The zero-order chi connectivity index (χ0) is 10.2. The fourth-order valence-electron chi connectivity index (χ4n) is 1.20. The van der Waals surface area contributed by atoms with E-state index in [-0.39, 0.29) is 5.28 Å². The molecule has 76 valence electrons. The first-order valence-electron chi connectivity index (χ1n) is 4.61. The third-order valence-corrected chi connectivity index (χ3v) is 2.76. The molecule has 1 fully saturated rings. The Labute approximate surface area is 87.9 Å². The van der Waals surface area contributed by atoms with Crippen molar-refractivity contribution in [3.8, 4) is 0 Å². The number of nitrogens with two attached hydrogens (primary N) is 1. The fourth-order valence-corrected chi connectivity index (χ4v) is 1.33. The van der Waals surface area contributed by atoms with Gasteiger partial charge in [-0.25, -0.2) is 4.98 Å². The van der Waals surface area contributed by atoms with Gasteiger partial charge in [0.1, 0.15) is 0 Å². The van der Waals surface area contributed by atoms with E-state index in [1.54, 1.807) is 0 Å². The molecule has 0 aliphatic heterocycles. The van der Waals surface area contributed by atoms with E-state index < -0.39 is 0 Å². The number of anilines is 2. The van der Waals surface area contributed by atoms with E-state index >= 15 is 0 Å². The fraction of sp³-hybridized carbons (Fsp3) is 0.556. The number of nitrogens with zero attached hydrogens (tertiary/aromatic N) is 2. The van der Waals surface area contributed by atoms with E-state index in [9.17, 15) is 0 Å². The number of aromatic nitrogens is 2. The highest BCUT2D eigenvalue weighted by molar-refractivity contribution is 6.28. The van der Waals surface area contributed by atoms with Gasteiger partial charge in [-0.15, -0.1) is 0 Å². The second kappa shape index (κ2) is 3.28. The topological polar surface area (TPSA) is 63.8 Å². The molecule has 0 bridgehead atoms. The number of rotatable bonds is 3. The van der Waals surface area contributed by atoms with Gasteiger partial charge in [0.15, 0.2) is 5.82 Å². The van der Waals surface area contributed by atoms with Gasteiger partial charge in [-0.3, -0.25) is 0 Å². The summed E-state index contributed by atoms with van der Waals surface area (Å²) in [5.41, 5.74) is 6.65. The van der Waals surface area contributed by atoms with E-state index in [2.05, 4.69) is 22.2 Å². The van der Waals surface area contributed by atoms with Crippen LogP contribution in [-0.4, -0.2) is 16.5 Å². The molecule has 14 heavy (non-hydrogen) atoms. The molecule has 3 N–H and O–H groups in total. The zero-order valence-electron chi connectivity index (χ0n) is 8.05. The zero-order valence-corrected chi connectivity index (χ0v) is 8.80. The van der Waals surface area contributed by atoms with Crippen molar-refractivity contribution in [2.45, 2.75) is 19.8 Å². The largest absolute Gasteiger partial charge is 0.394 e. The molecule has 1 aromatic heterocycles. The summed E-state index contributed by atoms with van der Waals surface area (Å²) in [5, 5.41) is 3.42. The van der Waals surface area contributed by atoms with Crippen molar-refractivity contribution in [2.24, 2.45) is 5.41 Å². The third-order valence-electron chi connectivity index (χ3n) is 2.57. The predicted molar refractivity (Wildman–Crippen MR) is 57.3 cm³/mol. The minimum Gasteiger partial charge on any atom is -0.394 e. The molecule has 1 aromatic rings. The van der Waals surface area contributed by atoms with Crippen LogP contribution in [-0.2, 0) is 0 Å². The quantitative estimate of drug-likeness (QED) is 0.752. The second-order valence-electron chi connectivity index (χ2n) is 4.11. The molecule has 2 rings (SSSR count). The van der Waals surface area contributed by atoms with Crippen molar-refractivity contribution in [1.29, 1.82) is 0 Å². The van der Waals surface area contributed by atoms with Crippen LogP contribution >= 0.6 is 11.6 Å². The molecule has 0 unspecified atom stereocenters. The standard InChI is InChI=1S/C9H13ClN4/c1-9(2-3-9)5-13-7-6(11)4-12-8(10)14-7/h4H,2-3,5,11H2,1H3,(H,12,13,14). The smallest absolute Gasteiger partial charge is 0.224 e. The van der Waals surface area contributed by atoms with Crippen molar-refractivity contribution in [3.05, 3.63) is 11.5 Å². The third kappa shape index (κ3) is 2.07. The Morgan fingerprint density at radius 2 is 2.36 bits per heavy atom. The summed E-state index contributed by atoms with van der Waals surface area (Å²) in [6.07, 6.45) is 4.05. The molecule has 1 heterocycles. The Bertz CT molecular complexity index is 349. The lowest BCUT2D eigenvalue weighted by molar-refractivity contribution is 0.609. The first-order chi connectivity index (χ1) is 6.59. The van der Waals surface area contributed by atoms with Crippen LogP contribution in [0.15, 0.2) is 6.20 Å². The summed E-state index contributed by atoms with van der Waals surface area (Å²) in [6.45, 7) is 3.13. The molecule has 4 nitrogen and oxygen atoms in total. The summed E-state index contributed by atoms with van der Waals surface area (Å²) < 4.78 is 0. The van der Waals surface area contributed by atoms with Crippen molar-refractivity contribution >= 4 is 23.1 Å². The lowest BCUT2D eigenvalue weighted by atomic mass is 10.1. The number of halogens is 1. The minimum atomic E-state index is 0.225. The van der Waals surface area contributed by atoms with Gasteiger partial charge in [0.05, 0.1) is 11.9 Å². The van der Waals surface area contributed by atoms with E-state index in [1.807, 2.05) is 0 Å². The summed E-state index contributed by atoms with van der Waals surface area (Å²) in [5.74, 6) is 0.637.